The zero-order valence-electron chi connectivity index (χ0n) is 11.9. The van der Waals surface area contributed by atoms with E-state index in [4.69, 9.17) is 12.2 Å². The SMILES string of the molecule is CC(C)(C)Cn1cc(Cc2cncnc2)c(=O)[nH]c1=S. The molecule has 0 bridgehead atoms. The summed E-state index contributed by atoms with van der Waals surface area (Å²) in [5.41, 5.74) is 1.50. The van der Waals surface area contributed by atoms with Gasteiger partial charge in [-0.15, -0.1) is 0 Å². The summed E-state index contributed by atoms with van der Waals surface area (Å²) in [7, 11) is 0. The predicted molar refractivity (Wildman–Crippen MR) is 80.2 cm³/mol. The molecule has 0 spiro atoms. The van der Waals surface area contributed by atoms with E-state index in [1.165, 1.54) is 6.33 Å². The highest BCUT2D eigenvalue weighted by atomic mass is 32.1. The molecule has 0 saturated heterocycles. The molecule has 1 N–H and O–H groups in total. The summed E-state index contributed by atoms with van der Waals surface area (Å²) in [6.45, 7) is 7.14. The molecule has 2 aromatic rings. The first-order valence-corrected chi connectivity index (χ1v) is 6.82. The van der Waals surface area contributed by atoms with Crippen LogP contribution in [0.15, 0.2) is 29.7 Å². The Balaban J connectivity index is 2.37. The van der Waals surface area contributed by atoms with Gasteiger partial charge in [0.05, 0.1) is 0 Å². The van der Waals surface area contributed by atoms with Crippen molar-refractivity contribution in [2.45, 2.75) is 33.7 Å². The summed E-state index contributed by atoms with van der Waals surface area (Å²) in [5, 5.41) is 0. The molecule has 0 unspecified atom stereocenters. The second-order valence-electron chi connectivity index (χ2n) is 6.03. The number of hydrogen-bond acceptors (Lipinski definition) is 4. The van der Waals surface area contributed by atoms with Crippen LogP contribution in [0.5, 0.6) is 0 Å². The Kier molecular flexibility index (Phi) is 4.13. The van der Waals surface area contributed by atoms with E-state index >= 15 is 0 Å². The summed E-state index contributed by atoms with van der Waals surface area (Å²) >= 11 is 5.21. The molecule has 0 fully saturated rings. The van der Waals surface area contributed by atoms with Gasteiger partial charge in [0.15, 0.2) is 4.77 Å². The number of rotatable bonds is 3. The number of nitrogens with one attached hydrogen (secondary N) is 1. The van der Waals surface area contributed by atoms with Crippen molar-refractivity contribution in [3.63, 3.8) is 0 Å². The van der Waals surface area contributed by atoms with Crippen molar-refractivity contribution in [3.05, 3.63) is 51.2 Å². The van der Waals surface area contributed by atoms with Gasteiger partial charge in [-0.05, 0) is 23.2 Å². The summed E-state index contributed by atoms with van der Waals surface area (Å²) < 4.78 is 2.37. The first kappa shape index (κ1) is 14.6. The minimum Gasteiger partial charge on any atom is -0.324 e. The van der Waals surface area contributed by atoms with E-state index < -0.39 is 0 Å². The quantitative estimate of drug-likeness (QED) is 0.881. The van der Waals surface area contributed by atoms with Crippen LogP contribution in [0.1, 0.15) is 31.9 Å². The zero-order chi connectivity index (χ0) is 14.8. The van der Waals surface area contributed by atoms with Gasteiger partial charge in [0.2, 0.25) is 0 Å². The summed E-state index contributed by atoms with van der Waals surface area (Å²) in [5.74, 6) is 0. The van der Waals surface area contributed by atoms with Crippen LogP contribution in [0.25, 0.3) is 0 Å². The van der Waals surface area contributed by atoms with Crippen LogP contribution in [0.4, 0.5) is 0 Å². The molecule has 0 aromatic carbocycles. The van der Waals surface area contributed by atoms with Gasteiger partial charge < -0.3 is 4.57 Å². The lowest BCUT2D eigenvalue weighted by Crippen LogP contribution is -2.23. The molecular weight excluding hydrogens is 272 g/mol. The Morgan fingerprint density at radius 1 is 1.30 bits per heavy atom. The first-order chi connectivity index (χ1) is 9.35. The molecule has 6 heteroatoms. The predicted octanol–water partition coefficient (Wildman–Crippen LogP) is 2.33. The molecule has 0 aliphatic heterocycles. The van der Waals surface area contributed by atoms with Gasteiger partial charge in [-0.25, -0.2) is 9.97 Å². The molecule has 5 nitrogen and oxygen atoms in total. The van der Waals surface area contributed by atoms with Crippen molar-refractivity contribution in [3.8, 4) is 0 Å². The maximum Gasteiger partial charge on any atom is 0.255 e. The molecular formula is C14H18N4OS. The molecule has 2 rings (SSSR count). The van der Waals surface area contributed by atoms with E-state index in [0.29, 0.717) is 16.8 Å². The van der Waals surface area contributed by atoms with E-state index in [1.54, 1.807) is 12.4 Å². The van der Waals surface area contributed by atoms with Gasteiger partial charge in [-0.3, -0.25) is 9.78 Å². The van der Waals surface area contributed by atoms with Crippen LogP contribution in [0.3, 0.4) is 0 Å². The lowest BCUT2D eigenvalue weighted by molar-refractivity contribution is 0.337. The highest BCUT2D eigenvalue weighted by molar-refractivity contribution is 7.71. The van der Waals surface area contributed by atoms with Crippen molar-refractivity contribution in [2.24, 2.45) is 5.41 Å². The fourth-order valence-electron chi connectivity index (χ4n) is 1.95. The Morgan fingerprint density at radius 2 is 1.95 bits per heavy atom. The highest BCUT2D eigenvalue weighted by Gasteiger charge is 2.13. The molecule has 106 valence electrons. The average Bonchev–Trinajstić information content (AvgIpc) is 2.35. The van der Waals surface area contributed by atoms with Gasteiger partial charge in [0, 0.05) is 37.1 Å². The maximum atomic E-state index is 12.0. The van der Waals surface area contributed by atoms with Crippen LogP contribution in [0.2, 0.25) is 0 Å². The lowest BCUT2D eigenvalue weighted by Gasteiger charge is -2.20. The molecule has 20 heavy (non-hydrogen) atoms. The summed E-state index contributed by atoms with van der Waals surface area (Å²) in [6, 6.07) is 0. The fraction of sp³-hybridized carbons (Fsp3) is 0.429. The number of H-pyrrole nitrogens is 1. The van der Waals surface area contributed by atoms with Crippen LogP contribution >= 0.6 is 12.2 Å². The Labute approximate surface area is 122 Å². The normalized spacial score (nSPS) is 11.6. The Morgan fingerprint density at radius 3 is 2.55 bits per heavy atom. The molecule has 2 heterocycles. The van der Waals surface area contributed by atoms with E-state index in [9.17, 15) is 4.79 Å². The van der Waals surface area contributed by atoms with Crippen LogP contribution in [-0.2, 0) is 13.0 Å². The molecule has 0 atom stereocenters. The molecule has 0 radical (unpaired) electrons. The topological polar surface area (TPSA) is 63.6 Å². The van der Waals surface area contributed by atoms with Crippen molar-refractivity contribution in [1.29, 1.82) is 0 Å². The number of aromatic nitrogens is 4. The number of hydrogen-bond donors (Lipinski definition) is 1. The van der Waals surface area contributed by atoms with Gasteiger partial charge in [0.1, 0.15) is 6.33 Å². The van der Waals surface area contributed by atoms with Crippen LogP contribution in [-0.4, -0.2) is 19.5 Å². The third-order valence-corrected chi connectivity index (χ3v) is 3.07. The largest absolute Gasteiger partial charge is 0.324 e. The minimum absolute atomic E-state index is 0.0869. The Bertz CT molecular complexity index is 698. The zero-order valence-corrected chi connectivity index (χ0v) is 12.7. The highest BCUT2D eigenvalue weighted by Crippen LogP contribution is 2.16. The van der Waals surface area contributed by atoms with Crippen molar-refractivity contribution < 1.29 is 0 Å². The van der Waals surface area contributed by atoms with Gasteiger partial charge in [-0.2, -0.15) is 0 Å². The van der Waals surface area contributed by atoms with E-state index in [0.717, 1.165) is 12.1 Å². The molecule has 2 aromatic heterocycles. The number of nitrogens with zero attached hydrogens (tertiary/aromatic N) is 3. The van der Waals surface area contributed by atoms with E-state index in [2.05, 4.69) is 35.7 Å². The minimum atomic E-state index is -0.149. The lowest BCUT2D eigenvalue weighted by atomic mass is 9.97. The smallest absolute Gasteiger partial charge is 0.255 e. The van der Waals surface area contributed by atoms with Crippen molar-refractivity contribution in [1.82, 2.24) is 19.5 Å². The second-order valence-corrected chi connectivity index (χ2v) is 6.41. The second kappa shape index (κ2) is 5.66. The van der Waals surface area contributed by atoms with Crippen molar-refractivity contribution >= 4 is 12.2 Å². The van der Waals surface area contributed by atoms with Crippen LogP contribution in [0, 0.1) is 10.2 Å². The standard InChI is InChI=1S/C14H18N4OS/c1-14(2,3)8-18-7-11(12(19)17-13(18)20)4-10-5-15-9-16-6-10/h5-7,9H,4,8H2,1-3H3,(H,17,19,20). The fourth-order valence-corrected chi connectivity index (χ4v) is 2.16. The van der Waals surface area contributed by atoms with Gasteiger partial charge in [-0.1, -0.05) is 20.8 Å². The Hall–Kier alpha value is -1.82. The maximum absolute atomic E-state index is 12.0. The summed E-state index contributed by atoms with van der Waals surface area (Å²) in [6.07, 6.45) is 7.22. The molecule has 0 aliphatic carbocycles. The van der Waals surface area contributed by atoms with E-state index in [-0.39, 0.29) is 11.0 Å². The average molecular weight is 290 g/mol. The van der Waals surface area contributed by atoms with E-state index in [1.807, 2.05) is 10.8 Å². The molecule has 0 aliphatic rings. The van der Waals surface area contributed by atoms with Crippen molar-refractivity contribution in [2.75, 3.05) is 0 Å². The van der Waals surface area contributed by atoms with Crippen LogP contribution < -0.4 is 5.56 Å². The first-order valence-electron chi connectivity index (χ1n) is 6.42. The summed E-state index contributed by atoms with van der Waals surface area (Å²) in [4.78, 5) is 22.6. The third kappa shape index (κ3) is 3.84. The third-order valence-electron chi connectivity index (χ3n) is 2.74. The number of aromatic amines is 1. The van der Waals surface area contributed by atoms with Gasteiger partial charge >= 0.3 is 0 Å². The molecule has 0 amide bonds. The van der Waals surface area contributed by atoms with Gasteiger partial charge in [0.25, 0.3) is 5.56 Å². The monoisotopic (exact) mass is 290 g/mol. The molecule has 0 saturated carbocycles.